The van der Waals surface area contributed by atoms with Gasteiger partial charge < -0.3 is 10.2 Å². The predicted octanol–water partition coefficient (Wildman–Crippen LogP) is 4.84. The monoisotopic (exact) mass is 575 g/mol. The van der Waals surface area contributed by atoms with Crippen LogP contribution < -0.4 is 9.62 Å². The van der Waals surface area contributed by atoms with E-state index in [1.165, 1.54) is 4.90 Å². The number of aryl methyl sites for hydroxylation is 1. The maximum atomic E-state index is 13.9. The van der Waals surface area contributed by atoms with Gasteiger partial charge in [-0.05, 0) is 49.2 Å². The van der Waals surface area contributed by atoms with Crippen LogP contribution in [0.15, 0.2) is 72.8 Å². The number of nitrogens with one attached hydrogen (secondary N) is 1. The number of hydrogen-bond acceptors (Lipinski definition) is 4. The Morgan fingerprint density at radius 3 is 2.16 bits per heavy atom. The molecule has 3 aromatic rings. The van der Waals surface area contributed by atoms with E-state index in [0.29, 0.717) is 27.8 Å². The van der Waals surface area contributed by atoms with Gasteiger partial charge in [0.05, 0.1) is 22.0 Å². The highest BCUT2D eigenvalue weighted by Crippen LogP contribution is 2.25. The summed E-state index contributed by atoms with van der Waals surface area (Å²) >= 11 is 12.3. The molecule has 0 aromatic heterocycles. The number of halogens is 2. The van der Waals surface area contributed by atoms with Crippen LogP contribution in [0.3, 0.4) is 0 Å². The number of rotatable bonds is 11. The first-order chi connectivity index (χ1) is 18.0. The Labute approximate surface area is 234 Å². The number of carbonyl (C=O) groups excluding carboxylic acids is 2. The Balaban J connectivity index is 2.05. The Kier molecular flexibility index (Phi) is 10.2. The number of anilines is 1. The molecule has 1 N–H and O–H groups in total. The first kappa shape index (κ1) is 29.5. The number of amides is 2. The third kappa shape index (κ3) is 7.96. The number of carbonyl (C=O) groups is 2. The van der Waals surface area contributed by atoms with Crippen molar-refractivity contribution in [1.29, 1.82) is 0 Å². The minimum atomic E-state index is -3.81. The van der Waals surface area contributed by atoms with Crippen LogP contribution in [0.2, 0.25) is 10.0 Å². The van der Waals surface area contributed by atoms with Gasteiger partial charge in [-0.1, -0.05) is 77.3 Å². The predicted molar refractivity (Wildman–Crippen MR) is 153 cm³/mol. The van der Waals surface area contributed by atoms with Crippen molar-refractivity contribution in [3.63, 3.8) is 0 Å². The molecule has 0 spiro atoms. The van der Waals surface area contributed by atoms with Gasteiger partial charge in [0.25, 0.3) is 0 Å². The zero-order valence-corrected chi connectivity index (χ0v) is 23.9. The summed E-state index contributed by atoms with van der Waals surface area (Å²) in [6.07, 6.45) is 1.29. The lowest BCUT2D eigenvalue weighted by Gasteiger charge is -2.33. The number of hydrogen-bond donors (Lipinski definition) is 1. The second kappa shape index (κ2) is 13.1. The van der Waals surface area contributed by atoms with E-state index < -0.39 is 28.5 Å². The lowest BCUT2D eigenvalue weighted by atomic mass is 10.0. The van der Waals surface area contributed by atoms with E-state index in [2.05, 4.69) is 5.32 Å². The summed E-state index contributed by atoms with van der Waals surface area (Å²) in [5.41, 5.74) is 2.82. The minimum absolute atomic E-state index is 0.0237. The molecule has 0 aliphatic carbocycles. The fourth-order valence-electron chi connectivity index (χ4n) is 4.01. The third-order valence-electron chi connectivity index (χ3n) is 5.96. The molecule has 38 heavy (non-hydrogen) atoms. The van der Waals surface area contributed by atoms with Gasteiger partial charge in [0.15, 0.2) is 0 Å². The average Bonchev–Trinajstić information content (AvgIpc) is 2.87. The smallest absolute Gasteiger partial charge is 0.244 e. The van der Waals surface area contributed by atoms with Crippen LogP contribution in [0.25, 0.3) is 0 Å². The normalized spacial score (nSPS) is 12.0. The Morgan fingerprint density at radius 1 is 0.921 bits per heavy atom. The van der Waals surface area contributed by atoms with Crippen molar-refractivity contribution in [2.24, 2.45) is 0 Å². The maximum Gasteiger partial charge on any atom is 0.244 e. The van der Waals surface area contributed by atoms with Crippen LogP contribution in [-0.4, -0.2) is 50.5 Å². The molecule has 0 saturated carbocycles. The van der Waals surface area contributed by atoms with E-state index in [4.69, 9.17) is 23.2 Å². The molecule has 1 atom stereocenters. The van der Waals surface area contributed by atoms with E-state index >= 15 is 0 Å². The molecule has 1 unspecified atom stereocenters. The molecule has 0 aliphatic heterocycles. The van der Waals surface area contributed by atoms with Gasteiger partial charge in [0.2, 0.25) is 21.8 Å². The zero-order chi connectivity index (χ0) is 27.9. The molecule has 0 fully saturated rings. The molecule has 0 bridgehead atoms. The summed E-state index contributed by atoms with van der Waals surface area (Å²) in [4.78, 5) is 28.6. The standard InChI is InChI=1S/C28H31Cl2N3O4S/c1-4-31-28(35)26(17-21-8-6-5-7-9-21)32(18-22-12-15-24(29)25(30)16-22)27(34)19-33(38(3,36)37)23-13-10-20(2)11-14-23/h5-16,26H,4,17-19H2,1-3H3,(H,31,35). The number of sulfonamides is 1. The molecule has 0 radical (unpaired) electrons. The number of benzene rings is 3. The molecule has 0 aliphatic rings. The molecule has 7 nitrogen and oxygen atoms in total. The lowest BCUT2D eigenvalue weighted by molar-refractivity contribution is -0.140. The van der Waals surface area contributed by atoms with Crippen molar-refractivity contribution in [3.8, 4) is 0 Å². The topological polar surface area (TPSA) is 86.8 Å². The summed E-state index contributed by atoms with van der Waals surface area (Å²) in [6.45, 7) is 3.60. The lowest BCUT2D eigenvalue weighted by Crippen LogP contribution is -2.53. The van der Waals surface area contributed by atoms with Crippen LogP contribution in [-0.2, 0) is 32.6 Å². The Hall–Kier alpha value is -3.07. The summed E-state index contributed by atoms with van der Waals surface area (Å²) in [5.74, 6) is -0.875. The van der Waals surface area contributed by atoms with Gasteiger partial charge in [-0.15, -0.1) is 0 Å². The number of nitrogens with zero attached hydrogens (tertiary/aromatic N) is 2. The highest BCUT2D eigenvalue weighted by atomic mass is 35.5. The van der Waals surface area contributed by atoms with Crippen LogP contribution in [0.1, 0.15) is 23.6 Å². The van der Waals surface area contributed by atoms with E-state index in [9.17, 15) is 18.0 Å². The molecule has 0 saturated heterocycles. The summed E-state index contributed by atoms with van der Waals surface area (Å²) in [7, 11) is -3.81. The van der Waals surface area contributed by atoms with Crippen molar-refractivity contribution >= 4 is 50.7 Å². The molecule has 10 heteroatoms. The third-order valence-corrected chi connectivity index (χ3v) is 7.84. The van der Waals surface area contributed by atoms with Crippen molar-refractivity contribution in [2.45, 2.75) is 32.9 Å². The van der Waals surface area contributed by atoms with Crippen molar-refractivity contribution in [3.05, 3.63) is 99.5 Å². The maximum absolute atomic E-state index is 13.9. The number of likely N-dealkylation sites (N-methyl/N-ethyl adjacent to an activating group) is 1. The highest BCUT2D eigenvalue weighted by molar-refractivity contribution is 7.92. The molecule has 3 rings (SSSR count). The molecule has 2 amide bonds. The molecular formula is C28H31Cl2N3O4S. The van der Waals surface area contributed by atoms with E-state index in [-0.39, 0.29) is 18.9 Å². The average molecular weight is 577 g/mol. The van der Waals surface area contributed by atoms with Crippen molar-refractivity contribution in [1.82, 2.24) is 10.2 Å². The fraction of sp³-hybridized carbons (Fsp3) is 0.286. The van der Waals surface area contributed by atoms with Gasteiger partial charge in [0, 0.05) is 19.5 Å². The first-order valence-electron chi connectivity index (χ1n) is 12.1. The van der Waals surface area contributed by atoms with Crippen LogP contribution >= 0.6 is 23.2 Å². The second-order valence-electron chi connectivity index (χ2n) is 8.98. The van der Waals surface area contributed by atoms with Crippen LogP contribution in [0.5, 0.6) is 0 Å². The van der Waals surface area contributed by atoms with Crippen molar-refractivity contribution < 1.29 is 18.0 Å². The minimum Gasteiger partial charge on any atom is -0.355 e. The van der Waals surface area contributed by atoms with Crippen LogP contribution in [0, 0.1) is 6.92 Å². The molecule has 3 aromatic carbocycles. The van der Waals surface area contributed by atoms with Gasteiger partial charge in [-0.3, -0.25) is 13.9 Å². The van der Waals surface area contributed by atoms with Gasteiger partial charge in [-0.25, -0.2) is 8.42 Å². The molecule has 202 valence electrons. The first-order valence-corrected chi connectivity index (χ1v) is 14.7. The van der Waals surface area contributed by atoms with Crippen LogP contribution in [0.4, 0.5) is 5.69 Å². The van der Waals surface area contributed by atoms with Crippen molar-refractivity contribution in [2.75, 3.05) is 23.7 Å². The Bertz CT molecular complexity index is 1370. The van der Waals surface area contributed by atoms with Gasteiger partial charge in [-0.2, -0.15) is 0 Å². The Morgan fingerprint density at radius 2 is 1.58 bits per heavy atom. The summed E-state index contributed by atoms with van der Waals surface area (Å²) in [6, 6.07) is 20.3. The molecular weight excluding hydrogens is 545 g/mol. The van der Waals surface area contributed by atoms with E-state index in [1.807, 2.05) is 37.3 Å². The van der Waals surface area contributed by atoms with Gasteiger partial charge in [0.1, 0.15) is 12.6 Å². The second-order valence-corrected chi connectivity index (χ2v) is 11.7. The summed E-state index contributed by atoms with van der Waals surface area (Å²) in [5, 5.41) is 3.49. The molecule has 0 heterocycles. The largest absolute Gasteiger partial charge is 0.355 e. The fourth-order valence-corrected chi connectivity index (χ4v) is 5.18. The van der Waals surface area contributed by atoms with Gasteiger partial charge >= 0.3 is 0 Å². The quantitative estimate of drug-likeness (QED) is 0.354. The van der Waals surface area contributed by atoms with E-state index in [1.54, 1.807) is 49.4 Å². The highest BCUT2D eigenvalue weighted by Gasteiger charge is 2.32. The summed E-state index contributed by atoms with van der Waals surface area (Å²) < 4.78 is 26.6. The SMILES string of the molecule is CCNC(=O)C(Cc1ccccc1)N(Cc1ccc(Cl)c(Cl)c1)C(=O)CN(c1ccc(C)cc1)S(C)(=O)=O. The zero-order valence-electron chi connectivity index (χ0n) is 21.5. The van der Waals surface area contributed by atoms with E-state index in [0.717, 1.165) is 21.7 Å².